The van der Waals surface area contributed by atoms with Crippen LogP contribution in [0.4, 0.5) is 5.69 Å². The first-order chi connectivity index (χ1) is 13.6. The topological polar surface area (TPSA) is 78.5 Å². The first-order valence-electron chi connectivity index (χ1n) is 9.58. The van der Waals surface area contributed by atoms with Crippen molar-refractivity contribution in [3.63, 3.8) is 0 Å². The van der Waals surface area contributed by atoms with E-state index >= 15 is 0 Å². The Kier molecular flexibility index (Phi) is 6.78. The Labute approximate surface area is 164 Å². The van der Waals surface area contributed by atoms with E-state index in [2.05, 4.69) is 10.6 Å². The Morgan fingerprint density at radius 1 is 0.893 bits per heavy atom. The van der Waals surface area contributed by atoms with Crippen LogP contribution in [0.2, 0.25) is 0 Å². The largest absolute Gasteiger partial charge is 0.355 e. The third kappa shape index (κ3) is 5.67. The lowest BCUT2D eigenvalue weighted by molar-refractivity contribution is -0.122. The molecule has 1 aliphatic heterocycles. The predicted molar refractivity (Wildman–Crippen MR) is 108 cm³/mol. The normalized spacial score (nSPS) is 13.4. The molecule has 6 nitrogen and oxygen atoms in total. The van der Waals surface area contributed by atoms with Gasteiger partial charge in [0.1, 0.15) is 0 Å². The number of nitrogens with zero attached hydrogens (tertiary/aromatic N) is 1. The third-order valence-electron chi connectivity index (χ3n) is 4.69. The highest BCUT2D eigenvalue weighted by Gasteiger charge is 2.21. The predicted octanol–water partition coefficient (Wildman–Crippen LogP) is 2.18. The number of nitrogens with one attached hydrogen (secondary N) is 2. The maximum atomic E-state index is 12.0. The van der Waals surface area contributed by atoms with Gasteiger partial charge in [0.2, 0.25) is 17.7 Å². The van der Waals surface area contributed by atoms with Gasteiger partial charge in [0, 0.05) is 38.2 Å². The van der Waals surface area contributed by atoms with Crippen LogP contribution in [-0.4, -0.2) is 30.8 Å². The fourth-order valence-electron chi connectivity index (χ4n) is 3.16. The van der Waals surface area contributed by atoms with Crippen molar-refractivity contribution >= 4 is 23.4 Å². The van der Waals surface area contributed by atoms with Crippen LogP contribution in [0.3, 0.4) is 0 Å². The zero-order valence-electron chi connectivity index (χ0n) is 15.8. The van der Waals surface area contributed by atoms with E-state index in [0.29, 0.717) is 25.9 Å². The third-order valence-corrected chi connectivity index (χ3v) is 4.69. The minimum atomic E-state index is -0.112. The molecule has 0 atom stereocenters. The van der Waals surface area contributed by atoms with E-state index in [1.807, 2.05) is 54.6 Å². The van der Waals surface area contributed by atoms with Gasteiger partial charge < -0.3 is 15.5 Å². The summed E-state index contributed by atoms with van der Waals surface area (Å²) in [6, 6.07) is 17.2. The Balaban J connectivity index is 1.35. The molecule has 3 amide bonds. The second kappa shape index (κ2) is 9.69. The zero-order chi connectivity index (χ0) is 19.8. The number of hydrogen-bond donors (Lipinski definition) is 2. The van der Waals surface area contributed by atoms with Crippen molar-refractivity contribution in [2.75, 3.05) is 18.0 Å². The molecular formula is C22H25N3O3. The lowest BCUT2D eigenvalue weighted by Gasteiger charge is -2.16. The molecule has 0 radical (unpaired) electrons. The van der Waals surface area contributed by atoms with Crippen LogP contribution in [-0.2, 0) is 27.3 Å². The second-order valence-corrected chi connectivity index (χ2v) is 6.85. The monoisotopic (exact) mass is 379 g/mol. The van der Waals surface area contributed by atoms with Crippen molar-refractivity contribution in [3.8, 4) is 0 Å². The zero-order valence-corrected chi connectivity index (χ0v) is 15.8. The van der Waals surface area contributed by atoms with Crippen molar-refractivity contribution in [1.29, 1.82) is 0 Å². The van der Waals surface area contributed by atoms with Crippen LogP contribution < -0.4 is 15.5 Å². The van der Waals surface area contributed by atoms with Crippen molar-refractivity contribution in [3.05, 3.63) is 65.7 Å². The smallest absolute Gasteiger partial charge is 0.227 e. The van der Waals surface area contributed by atoms with Crippen molar-refractivity contribution in [1.82, 2.24) is 10.6 Å². The number of anilines is 1. The fourth-order valence-corrected chi connectivity index (χ4v) is 3.16. The molecule has 0 unspecified atom stereocenters. The van der Waals surface area contributed by atoms with Gasteiger partial charge in [0.05, 0.1) is 6.42 Å². The molecule has 28 heavy (non-hydrogen) atoms. The second-order valence-electron chi connectivity index (χ2n) is 6.85. The van der Waals surface area contributed by atoms with E-state index in [9.17, 15) is 14.4 Å². The minimum absolute atomic E-state index is 0.0916. The highest BCUT2D eigenvalue weighted by molar-refractivity contribution is 5.95. The molecule has 0 aliphatic carbocycles. The molecular weight excluding hydrogens is 354 g/mol. The molecule has 2 aromatic rings. The Hall–Kier alpha value is -3.15. The summed E-state index contributed by atoms with van der Waals surface area (Å²) in [6.45, 7) is 1.50. The van der Waals surface area contributed by atoms with Crippen LogP contribution in [0, 0.1) is 0 Å². The summed E-state index contributed by atoms with van der Waals surface area (Å²) >= 11 is 0. The Morgan fingerprint density at radius 2 is 1.64 bits per heavy atom. The van der Waals surface area contributed by atoms with E-state index in [4.69, 9.17) is 0 Å². The van der Waals surface area contributed by atoms with Gasteiger partial charge in [0.25, 0.3) is 0 Å². The number of amides is 3. The van der Waals surface area contributed by atoms with E-state index < -0.39 is 0 Å². The van der Waals surface area contributed by atoms with Gasteiger partial charge in [-0.1, -0.05) is 42.5 Å². The summed E-state index contributed by atoms with van der Waals surface area (Å²) in [7, 11) is 0. The van der Waals surface area contributed by atoms with E-state index in [-0.39, 0.29) is 24.1 Å². The summed E-state index contributed by atoms with van der Waals surface area (Å²) in [5.74, 6) is -0.0415. The fraction of sp³-hybridized carbons (Fsp3) is 0.318. The lowest BCUT2D eigenvalue weighted by Crippen LogP contribution is -2.31. The molecule has 146 valence electrons. The molecule has 1 aliphatic rings. The van der Waals surface area contributed by atoms with Gasteiger partial charge in [0.15, 0.2) is 0 Å². The maximum absolute atomic E-state index is 12.0. The Morgan fingerprint density at radius 3 is 2.32 bits per heavy atom. The highest BCUT2D eigenvalue weighted by Crippen LogP contribution is 2.21. The summed E-state index contributed by atoms with van der Waals surface area (Å²) in [4.78, 5) is 37.4. The first-order valence-corrected chi connectivity index (χ1v) is 9.58. The van der Waals surface area contributed by atoms with Gasteiger partial charge in [-0.3, -0.25) is 14.4 Å². The molecule has 1 saturated heterocycles. The molecule has 2 N–H and O–H groups in total. The number of carbonyl (C=O) groups excluding carboxylic acids is 3. The molecule has 1 heterocycles. The molecule has 0 saturated carbocycles. The van der Waals surface area contributed by atoms with Crippen LogP contribution in [0.5, 0.6) is 0 Å². The molecule has 6 heteroatoms. The lowest BCUT2D eigenvalue weighted by atomic mass is 10.1. The Bertz CT molecular complexity index is 819. The van der Waals surface area contributed by atoms with E-state index in [1.54, 1.807) is 4.90 Å². The van der Waals surface area contributed by atoms with Crippen molar-refractivity contribution in [2.24, 2.45) is 0 Å². The maximum Gasteiger partial charge on any atom is 0.227 e. The molecule has 0 bridgehead atoms. The van der Waals surface area contributed by atoms with E-state index in [1.165, 1.54) is 0 Å². The summed E-state index contributed by atoms with van der Waals surface area (Å²) < 4.78 is 0. The summed E-state index contributed by atoms with van der Waals surface area (Å²) in [6.07, 6.45) is 2.06. The molecule has 0 spiro atoms. The van der Waals surface area contributed by atoms with Gasteiger partial charge in [-0.2, -0.15) is 0 Å². The van der Waals surface area contributed by atoms with Crippen LogP contribution in [0.25, 0.3) is 0 Å². The molecule has 1 fully saturated rings. The summed E-state index contributed by atoms with van der Waals surface area (Å²) in [5, 5.41) is 5.62. The highest BCUT2D eigenvalue weighted by atomic mass is 16.2. The molecule has 0 aromatic heterocycles. The quantitative estimate of drug-likeness (QED) is 0.738. The van der Waals surface area contributed by atoms with Crippen LogP contribution in [0.1, 0.15) is 30.4 Å². The van der Waals surface area contributed by atoms with Gasteiger partial charge in [-0.15, -0.1) is 0 Å². The molecule has 3 rings (SSSR count). The van der Waals surface area contributed by atoms with Gasteiger partial charge >= 0.3 is 0 Å². The summed E-state index contributed by atoms with van der Waals surface area (Å²) in [5.41, 5.74) is 2.82. The number of hydrogen-bond acceptors (Lipinski definition) is 3. The minimum Gasteiger partial charge on any atom is -0.355 e. The first kappa shape index (κ1) is 19.6. The van der Waals surface area contributed by atoms with E-state index in [0.717, 1.165) is 29.8 Å². The van der Waals surface area contributed by atoms with Gasteiger partial charge in [-0.25, -0.2) is 0 Å². The SMILES string of the molecule is O=C(CCNC(=O)Cc1ccccc1)NCc1ccc(N2CCCC2=O)cc1. The standard InChI is InChI=1S/C22H25N3O3/c26-20(12-13-23-21(27)15-17-5-2-1-3-6-17)24-16-18-8-10-19(11-9-18)25-14-4-7-22(25)28/h1-3,5-6,8-11H,4,7,12-16H2,(H,23,27)(H,24,26). The van der Waals surface area contributed by atoms with Crippen molar-refractivity contribution in [2.45, 2.75) is 32.2 Å². The number of rotatable bonds is 8. The van der Waals surface area contributed by atoms with Crippen LogP contribution >= 0.6 is 0 Å². The number of benzene rings is 2. The van der Waals surface area contributed by atoms with Gasteiger partial charge in [-0.05, 0) is 29.7 Å². The van der Waals surface area contributed by atoms with Crippen LogP contribution in [0.15, 0.2) is 54.6 Å². The van der Waals surface area contributed by atoms with Crippen molar-refractivity contribution < 1.29 is 14.4 Å². The molecule has 2 aromatic carbocycles. The average molecular weight is 379 g/mol. The average Bonchev–Trinajstić information content (AvgIpc) is 3.13. The number of carbonyl (C=O) groups is 3.